The minimum atomic E-state index is -3.86. The fourth-order valence-corrected chi connectivity index (χ4v) is 4.20. The quantitative estimate of drug-likeness (QED) is 0.817. The second-order valence-corrected chi connectivity index (χ2v) is 6.81. The van der Waals surface area contributed by atoms with E-state index in [0.717, 1.165) is 6.07 Å². The third-order valence-corrected chi connectivity index (χ3v) is 5.50. The third kappa shape index (κ3) is 2.54. The lowest BCUT2D eigenvalue weighted by Crippen LogP contribution is -2.52. The molecular formula is C13H16FN3O2S. The molecule has 0 amide bonds. The van der Waals surface area contributed by atoms with Crippen LogP contribution in [0, 0.1) is 17.1 Å². The van der Waals surface area contributed by atoms with Gasteiger partial charge in [-0.05, 0) is 26.1 Å². The van der Waals surface area contributed by atoms with E-state index >= 15 is 0 Å². The van der Waals surface area contributed by atoms with Gasteiger partial charge in [-0.3, -0.25) is 0 Å². The summed E-state index contributed by atoms with van der Waals surface area (Å²) in [6.07, 6.45) is 0. The van der Waals surface area contributed by atoms with Crippen molar-refractivity contribution >= 4 is 10.0 Å². The summed E-state index contributed by atoms with van der Waals surface area (Å²) in [5.74, 6) is -0.810. The Kier molecular flexibility index (Phi) is 4.09. The van der Waals surface area contributed by atoms with Crippen LogP contribution in [0.15, 0.2) is 23.1 Å². The van der Waals surface area contributed by atoms with Crippen molar-refractivity contribution in [2.24, 2.45) is 0 Å². The van der Waals surface area contributed by atoms with Crippen LogP contribution in [0.3, 0.4) is 0 Å². The second kappa shape index (κ2) is 5.48. The van der Waals surface area contributed by atoms with E-state index in [4.69, 9.17) is 5.26 Å². The van der Waals surface area contributed by atoms with Gasteiger partial charge in [0.25, 0.3) is 0 Å². The second-order valence-electron chi connectivity index (χ2n) is 4.95. The lowest BCUT2D eigenvalue weighted by atomic mass is 10.2. The highest BCUT2D eigenvalue weighted by Gasteiger charge is 2.34. The summed E-state index contributed by atoms with van der Waals surface area (Å²) < 4.78 is 40.2. The van der Waals surface area contributed by atoms with E-state index in [-0.39, 0.29) is 10.9 Å². The van der Waals surface area contributed by atoms with Crippen molar-refractivity contribution in [3.05, 3.63) is 29.6 Å². The van der Waals surface area contributed by atoms with E-state index in [1.807, 2.05) is 11.9 Å². The van der Waals surface area contributed by atoms with Crippen LogP contribution in [0.2, 0.25) is 0 Å². The van der Waals surface area contributed by atoms with E-state index in [2.05, 4.69) is 0 Å². The van der Waals surface area contributed by atoms with Gasteiger partial charge in [0.05, 0.1) is 0 Å². The summed E-state index contributed by atoms with van der Waals surface area (Å²) in [7, 11) is -1.94. The average Bonchev–Trinajstić information content (AvgIpc) is 2.37. The monoisotopic (exact) mass is 297 g/mol. The molecule has 1 unspecified atom stereocenters. The zero-order chi connectivity index (χ0) is 14.9. The molecule has 1 saturated heterocycles. The topological polar surface area (TPSA) is 64.4 Å². The molecule has 1 aliphatic heterocycles. The SMILES string of the molecule is CC1CN(C)CCN1S(=O)(=O)c1cccc(F)c1C#N. The zero-order valence-corrected chi connectivity index (χ0v) is 12.2. The van der Waals surface area contributed by atoms with Crippen LogP contribution >= 0.6 is 0 Å². The predicted molar refractivity (Wildman–Crippen MR) is 72.0 cm³/mol. The highest BCUT2D eigenvalue weighted by Crippen LogP contribution is 2.25. The van der Waals surface area contributed by atoms with Crippen molar-refractivity contribution < 1.29 is 12.8 Å². The fraction of sp³-hybridized carbons (Fsp3) is 0.462. The van der Waals surface area contributed by atoms with Crippen LogP contribution < -0.4 is 0 Å². The normalized spacial score (nSPS) is 21.6. The van der Waals surface area contributed by atoms with Gasteiger partial charge in [-0.15, -0.1) is 0 Å². The van der Waals surface area contributed by atoms with E-state index in [9.17, 15) is 12.8 Å². The first-order valence-corrected chi connectivity index (χ1v) is 7.71. The molecule has 1 atom stereocenters. The van der Waals surface area contributed by atoms with Gasteiger partial charge < -0.3 is 4.90 Å². The molecule has 1 fully saturated rings. The van der Waals surface area contributed by atoms with Crippen LogP contribution in [0.5, 0.6) is 0 Å². The first-order valence-electron chi connectivity index (χ1n) is 6.27. The number of rotatable bonds is 2. The van der Waals surface area contributed by atoms with Crippen LogP contribution in [-0.2, 0) is 10.0 Å². The molecule has 1 aromatic rings. The summed E-state index contributed by atoms with van der Waals surface area (Å²) in [6, 6.07) is 5.10. The maximum atomic E-state index is 13.6. The Bertz CT molecular complexity index is 654. The van der Waals surface area contributed by atoms with Gasteiger partial charge in [-0.25, -0.2) is 12.8 Å². The lowest BCUT2D eigenvalue weighted by Gasteiger charge is -2.37. The first kappa shape index (κ1) is 14.9. The molecule has 20 heavy (non-hydrogen) atoms. The van der Waals surface area contributed by atoms with Crippen LogP contribution in [0.4, 0.5) is 4.39 Å². The number of sulfonamides is 1. The molecule has 1 heterocycles. The first-order chi connectivity index (χ1) is 9.37. The Morgan fingerprint density at radius 3 is 2.70 bits per heavy atom. The van der Waals surface area contributed by atoms with Gasteiger partial charge in [-0.1, -0.05) is 6.07 Å². The summed E-state index contributed by atoms with van der Waals surface area (Å²) in [5, 5.41) is 8.99. The minimum Gasteiger partial charge on any atom is -0.303 e. The fourth-order valence-electron chi connectivity index (χ4n) is 2.43. The van der Waals surface area contributed by atoms with Crippen LogP contribution in [-0.4, -0.2) is 50.3 Å². The molecule has 108 valence electrons. The van der Waals surface area contributed by atoms with Gasteiger partial charge in [0.2, 0.25) is 10.0 Å². The van der Waals surface area contributed by atoms with E-state index in [1.165, 1.54) is 16.4 Å². The van der Waals surface area contributed by atoms with E-state index in [1.54, 1.807) is 13.0 Å². The Hall–Kier alpha value is -1.49. The highest BCUT2D eigenvalue weighted by molar-refractivity contribution is 7.89. The van der Waals surface area contributed by atoms with Gasteiger partial charge in [0.1, 0.15) is 22.3 Å². The van der Waals surface area contributed by atoms with Gasteiger partial charge in [0, 0.05) is 25.7 Å². The number of nitrogens with zero attached hydrogens (tertiary/aromatic N) is 3. The molecule has 5 nitrogen and oxygen atoms in total. The van der Waals surface area contributed by atoms with E-state index in [0.29, 0.717) is 19.6 Å². The molecule has 0 radical (unpaired) electrons. The Morgan fingerprint density at radius 2 is 2.10 bits per heavy atom. The van der Waals surface area contributed by atoms with Gasteiger partial charge >= 0.3 is 0 Å². The largest absolute Gasteiger partial charge is 0.303 e. The van der Waals surface area contributed by atoms with Gasteiger partial charge in [-0.2, -0.15) is 9.57 Å². The Morgan fingerprint density at radius 1 is 1.40 bits per heavy atom. The molecule has 1 aromatic carbocycles. The summed E-state index contributed by atoms with van der Waals surface area (Å²) in [6.45, 7) is 3.36. The van der Waals surface area contributed by atoms with Crippen molar-refractivity contribution in [1.82, 2.24) is 9.21 Å². The maximum absolute atomic E-state index is 13.6. The number of piperazine rings is 1. The van der Waals surface area contributed by atoms with Crippen molar-refractivity contribution in [3.63, 3.8) is 0 Å². The summed E-state index contributed by atoms with van der Waals surface area (Å²) >= 11 is 0. The van der Waals surface area contributed by atoms with Gasteiger partial charge in [0.15, 0.2) is 0 Å². The molecule has 0 bridgehead atoms. The van der Waals surface area contributed by atoms with Crippen molar-refractivity contribution in [3.8, 4) is 6.07 Å². The molecule has 2 rings (SSSR count). The van der Waals surface area contributed by atoms with Crippen molar-refractivity contribution in [1.29, 1.82) is 5.26 Å². The number of hydrogen-bond acceptors (Lipinski definition) is 4. The Labute approximate surface area is 118 Å². The third-order valence-electron chi connectivity index (χ3n) is 3.44. The number of nitriles is 1. The highest BCUT2D eigenvalue weighted by atomic mass is 32.2. The molecule has 0 spiro atoms. The molecule has 7 heteroatoms. The number of benzene rings is 1. The van der Waals surface area contributed by atoms with Crippen LogP contribution in [0.25, 0.3) is 0 Å². The van der Waals surface area contributed by atoms with Crippen molar-refractivity contribution in [2.45, 2.75) is 17.9 Å². The number of hydrogen-bond donors (Lipinski definition) is 0. The zero-order valence-electron chi connectivity index (χ0n) is 11.4. The molecule has 0 aromatic heterocycles. The molecule has 0 N–H and O–H groups in total. The molecule has 1 aliphatic rings. The van der Waals surface area contributed by atoms with Crippen molar-refractivity contribution in [2.75, 3.05) is 26.7 Å². The predicted octanol–water partition coefficient (Wildman–Crippen LogP) is 1.02. The van der Waals surface area contributed by atoms with E-state index < -0.39 is 21.4 Å². The standard InChI is InChI=1S/C13H16FN3O2S/c1-10-9-16(2)6-7-17(10)20(18,19)13-5-3-4-12(14)11(13)8-15/h3-5,10H,6-7,9H2,1-2H3. The maximum Gasteiger partial charge on any atom is 0.244 e. The molecule has 0 aliphatic carbocycles. The molecular weight excluding hydrogens is 281 g/mol. The minimum absolute atomic E-state index is 0.214. The average molecular weight is 297 g/mol. The molecule has 0 saturated carbocycles. The van der Waals surface area contributed by atoms with Crippen LogP contribution in [0.1, 0.15) is 12.5 Å². The smallest absolute Gasteiger partial charge is 0.244 e. The Balaban J connectivity index is 2.47. The lowest BCUT2D eigenvalue weighted by molar-refractivity contribution is 0.170. The summed E-state index contributed by atoms with van der Waals surface area (Å²) in [4.78, 5) is 1.78. The number of halogens is 1. The summed E-state index contributed by atoms with van der Waals surface area (Å²) in [5.41, 5.74) is -0.418. The number of likely N-dealkylation sites (N-methyl/N-ethyl adjacent to an activating group) is 1.